The Kier molecular flexibility index (Phi) is 9.98. The number of rotatable bonds is 5. The lowest BCUT2D eigenvalue weighted by atomic mass is 10.2. The second-order valence-electron chi connectivity index (χ2n) is 5.10. The van der Waals surface area contributed by atoms with Crippen molar-refractivity contribution in [3.8, 4) is 5.75 Å². The van der Waals surface area contributed by atoms with Gasteiger partial charge in [-0.2, -0.15) is 0 Å². The lowest BCUT2D eigenvalue weighted by molar-refractivity contribution is -0.949. The first kappa shape index (κ1) is 19.5. The number of quaternary nitrogens is 2. The number of aliphatic hydroxyl groups is 1. The number of nitrogens with two attached hydrogens (primary N) is 1. The molecule has 0 saturated carbocycles. The maximum absolute atomic E-state index is 9.98. The smallest absolute Gasteiger partial charge is 0.137 e. The van der Waals surface area contributed by atoms with E-state index in [1.54, 1.807) is 0 Å². The molecule has 0 radical (unpaired) electrons. The number of ether oxygens (including phenoxy) is 1. The topological polar surface area (TPSA) is 50.5 Å². The van der Waals surface area contributed by atoms with Crippen LogP contribution >= 0.6 is 0 Å². The molecule has 0 bridgehead atoms. The fourth-order valence-electron chi connectivity index (χ4n) is 2.38. The molecule has 1 saturated heterocycles. The number of benzene rings is 1. The summed E-state index contributed by atoms with van der Waals surface area (Å²) in [6.45, 7) is 7.83. The quantitative estimate of drug-likeness (QED) is 0.504. The monoisotopic (exact) mass is 322 g/mol. The van der Waals surface area contributed by atoms with Crippen molar-refractivity contribution in [2.75, 3.05) is 39.3 Å². The van der Waals surface area contributed by atoms with Crippen molar-refractivity contribution in [3.63, 3.8) is 0 Å². The molecule has 20 heavy (non-hydrogen) atoms. The standard InChI is InChI=1S/C14H22N2O2.2ClH/c1-12-3-2-4-14(9-12)18-11-13(17)10-16-7-5-15-6-8-16;;/h2-4,9,13,15,17H,5-8,10-11H2,1H3;2*1H. The van der Waals surface area contributed by atoms with Crippen LogP contribution in [-0.2, 0) is 0 Å². The SMILES string of the molecule is Cc1cccc(OCC(O)C[NH+]2CC[NH2+]CC2)c1.[Cl-].[Cl-]. The number of aliphatic hydroxyl groups excluding tert-OH is 1. The molecule has 2 rings (SSSR count). The van der Waals surface area contributed by atoms with Crippen LogP contribution in [0.25, 0.3) is 0 Å². The summed E-state index contributed by atoms with van der Waals surface area (Å²) in [5.74, 6) is 0.844. The molecule has 1 aliphatic rings. The zero-order chi connectivity index (χ0) is 12.8. The Morgan fingerprint density at radius 2 is 2.00 bits per heavy atom. The molecule has 1 fully saturated rings. The van der Waals surface area contributed by atoms with E-state index in [2.05, 4.69) is 5.32 Å². The minimum absolute atomic E-state index is 0. The predicted octanol–water partition coefficient (Wildman–Crippen LogP) is -7.80. The van der Waals surface area contributed by atoms with Gasteiger partial charge < -0.3 is 44.9 Å². The molecule has 116 valence electrons. The molecule has 1 heterocycles. The summed E-state index contributed by atoms with van der Waals surface area (Å²) in [5.41, 5.74) is 1.18. The molecule has 0 amide bonds. The van der Waals surface area contributed by atoms with Crippen LogP contribution in [0.1, 0.15) is 5.56 Å². The minimum Gasteiger partial charge on any atom is -1.00 e. The van der Waals surface area contributed by atoms with Gasteiger partial charge in [0.2, 0.25) is 0 Å². The normalized spacial score (nSPS) is 16.7. The number of nitrogens with one attached hydrogen (secondary N) is 1. The molecule has 1 atom stereocenters. The highest BCUT2D eigenvalue weighted by Crippen LogP contribution is 2.12. The van der Waals surface area contributed by atoms with Crippen LogP contribution in [-0.4, -0.2) is 50.5 Å². The Balaban J connectivity index is 0.00000180. The van der Waals surface area contributed by atoms with Gasteiger partial charge in [-0.15, -0.1) is 0 Å². The Hall–Kier alpha value is -0.520. The van der Waals surface area contributed by atoms with E-state index < -0.39 is 0 Å². The molecular weight excluding hydrogens is 299 g/mol. The summed E-state index contributed by atoms with van der Waals surface area (Å²) in [5, 5.41) is 12.3. The van der Waals surface area contributed by atoms with E-state index in [1.165, 1.54) is 23.6 Å². The molecule has 0 aromatic heterocycles. The maximum atomic E-state index is 9.98. The molecule has 1 aromatic carbocycles. The van der Waals surface area contributed by atoms with Crippen LogP contribution in [0.5, 0.6) is 5.75 Å². The number of hydrogen-bond donors (Lipinski definition) is 3. The van der Waals surface area contributed by atoms with Gasteiger partial charge in [-0.3, -0.25) is 0 Å². The summed E-state index contributed by atoms with van der Waals surface area (Å²) < 4.78 is 5.62. The summed E-state index contributed by atoms with van der Waals surface area (Å²) in [6.07, 6.45) is -0.376. The molecule has 4 nitrogen and oxygen atoms in total. The molecule has 4 N–H and O–H groups in total. The molecule has 0 aliphatic carbocycles. The largest absolute Gasteiger partial charge is 1.00 e. The Morgan fingerprint density at radius 3 is 2.65 bits per heavy atom. The fraction of sp³-hybridized carbons (Fsp3) is 0.571. The Labute approximate surface area is 133 Å². The van der Waals surface area contributed by atoms with Gasteiger partial charge in [-0.25, -0.2) is 0 Å². The van der Waals surface area contributed by atoms with Gasteiger partial charge in [0.25, 0.3) is 0 Å². The zero-order valence-electron chi connectivity index (χ0n) is 11.8. The van der Waals surface area contributed by atoms with Gasteiger partial charge in [0.1, 0.15) is 51.2 Å². The van der Waals surface area contributed by atoms with Crippen molar-refractivity contribution in [2.24, 2.45) is 0 Å². The van der Waals surface area contributed by atoms with Gasteiger partial charge in [0.15, 0.2) is 0 Å². The molecule has 1 aliphatic heterocycles. The highest BCUT2D eigenvalue weighted by Gasteiger charge is 2.19. The first-order chi connectivity index (χ1) is 8.74. The van der Waals surface area contributed by atoms with Gasteiger partial charge in [-0.05, 0) is 24.6 Å². The summed E-state index contributed by atoms with van der Waals surface area (Å²) in [7, 11) is 0. The van der Waals surface area contributed by atoms with Crippen LogP contribution < -0.4 is 39.8 Å². The van der Waals surface area contributed by atoms with Crippen molar-refractivity contribution >= 4 is 0 Å². The second-order valence-corrected chi connectivity index (χ2v) is 5.10. The Morgan fingerprint density at radius 1 is 1.30 bits per heavy atom. The van der Waals surface area contributed by atoms with E-state index >= 15 is 0 Å². The maximum Gasteiger partial charge on any atom is 0.137 e. The average molecular weight is 323 g/mol. The average Bonchev–Trinajstić information content (AvgIpc) is 2.38. The van der Waals surface area contributed by atoms with Crippen molar-refractivity contribution in [1.29, 1.82) is 0 Å². The highest BCUT2D eigenvalue weighted by atomic mass is 35.5. The van der Waals surface area contributed by atoms with Gasteiger partial charge in [-0.1, -0.05) is 12.1 Å². The van der Waals surface area contributed by atoms with E-state index in [9.17, 15) is 5.11 Å². The van der Waals surface area contributed by atoms with Crippen LogP contribution in [0.4, 0.5) is 0 Å². The number of hydrogen-bond acceptors (Lipinski definition) is 2. The van der Waals surface area contributed by atoms with Crippen LogP contribution in [0.2, 0.25) is 0 Å². The van der Waals surface area contributed by atoms with E-state index in [-0.39, 0.29) is 30.9 Å². The van der Waals surface area contributed by atoms with Crippen LogP contribution in [0, 0.1) is 6.92 Å². The highest BCUT2D eigenvalue weighted by molar-refractivity contribution is 5.27. The minimum atomic E-state index is -0.376. The molecular formula is C14H24Cl2N2O2. The lowest BCUT2D eigenvalue weighted by Crippen LogP contribution is -3.21. The van der Waals surface area contributed by atoms with E-state index in [4.69, 9.17) is 4.74 Å². The summed E-state index contributed by atoms with van der Waals surface area (Å²) in [4.78, 5) is 1.48. The van der Waals surface area contributed by atoms with E-state index in [0.717, 1.165) is 25.4 Å². The third kappa shape index (κ3) is 6.77. The van der Waals surface area contributed by atoms with Crippen LogP contribution in [0.3, 0.4) is 0 Å². The number of aryl methyl sites for hydroxylation is 1. The molecule has 6 heteroatoms. The van der Waals surface area contributed by atoms with E-state index in [1.807, 2.05) is 31.2 Å². The lowest BCUT2D eigenvalue weighted by Gasteiger charge is -2.24. The van der Waals surface area contributed by atoms with Crippen molar-refractivity contribution < 1.29 is 44.9 Å². The van der Waals surface area contributed by atoms with Gasteiger partial charge in [0.05, 0.1) is 0 Å². The van der Waals surface area contributed by atoms with Crippen molar-refractivity contribution in [3.05, 3.63) is 29.8 Å². The first-order valence-corrected chi connectivity index (χ1v) is 6.77. The third-order valence-electron chi connectivity index (χ3n) is 3.36. The number of halogens is 2. The van der Waals surface area contributed by atoms with Crippen molar-refractivity contribution in [2.45, 2.75) is 13.0 Å². The first-order valence-electron chi connectivity index (χ1n) is 6.77. The van der Waals surface area contributed by atoms with Gasteiger partial charge in [0, 0.05) is 0 Å². The summed E-state index contributed by atoms with van der Waals surface area (Å²) in [6, 6.07) is 7.94. The third-order valence-corrected chi connectivity index (χ3v) is 3.36. The summed E-state index contributed by atoms with van der Waals surface area (Å²) >= 11 is 0. The second kappa shape index (κ2) is 10.2. The Bertz CT molecular complexity index is 374. The molecule has 1 unspecified atom stereocenters. The zero-order valence-corrected chi connectivity index (χ0v) is 13.3. The van der Waals surface area contributed by atoms with Crippen LogP contribution in [0.15, 0.2) is 24.3 Å². The van der Waals surface area contributed by atoms with Crippen molar-refractivity contribution in [1.82, 2.24) is 0 Å². The fourth-order valence-corrected chi connectivity index (χ4v) is 2.38. The van der Waals surface area contributed by atoms with Gasteiger partial charge >= 0.3 is 0 Å². The van der Waals surface area contributed by atoms with E-state index in [0.29, 0.717) is 6.61 Å². The number of piperazine rings is 1. The molecule has 0 spiro atoms. The predicted molar refractivity (Wildman–Crippen MR) is 69.9 cm³/mol. The molecule has 1 aromatic rings.